The highest BCUT2D eigenvalue weighted by atomic mass is 127. The van der Waals surface area contributed by atoms with Crippen LogP contribution in [-0.4, -0.2) is 28.0 Å². The standard InChI is InChI=1S/C12H9F3IN3O2/c1-2-21-11(20)10-9(17-19-18-10)8-6(12(13,14)15)4-3-5-7(8)16/h3-5H,2H2,1H3,(H,17,18,19). The molecule has 0 aliphatic carbocycles. The van der Waals surface area contributed by atoms with Crippen LogP contribution in [0.1, 0.15) is 23.0 Å². The number of rotatable bonds is 3. The molecule has 0 fully saturated rings. The Labute approximate surface area is 131 Å². The van der Waals surface area contributed by atoms with Crippen molar-refractivity contribution in [2.24, 2.45) is 0 Å². The number of carbonyl (C=O) groups is 1. The van der Waals surface area contributed by atoms with Crippen molar-refractivity contribution in [2.45, 2.75) is 13.1 Å². The lowest BCUT2D eigenvalue weighted by Gasteiger charge is -2.13. The fraction of sp³-hybridized carbons (Fsp3) is 0.250. The number of carbonyl (C=O) groups excluding carboxylic acids is 1. The lowest BCUT2D eigenvalue weighted by molar-refractivity contribution is -0.137. The maximum absolute atomic E-state index is 13.1. The molecular weight excluding hydrogens is 402 g/mol. The normalized spacial score (nSPS) is 11.5. The van der Waals surface area contributed by atoms with Crippen LogP contribution in [0, 0.1) is 3.57 Å². The van der Waals surface area contributed by atoms with Crippen LogP contribution in [0.25, 0.3) is 11.3 Å². The maximum Gasteiger partial charge on any atom is 0.417 e. The first-order valence-corrected chi connectivity index (χ1v) is 6.88. The molecule has 0 atom stereocenters. The van der Waals surface area contributed by atoms with E-state index in [2.05, 4.69) is 15.4 Å². The number of nitrogens with zero attached hydrogens (tertiary/aromatic N) is 2. The fourth-order valence-corrected chi connectivity index (χ4v) is 2.50. The Balaban J connectivity index is 2.64. The largest absolute Gasteiger partial charge is 0.461 e. The van der Waals surface area contributed by atoms with Crippen molar-refractivity contribution in [3.8, 4) is 11.3 Å². The Morgan fingerprint density at radius 3 is 2.71 bits per heavy atom. The number of benzene rings is 1. The fourth-order valence-electron chi connectivity index (χ4n) is 1.75. The van der Waals surface area contributed by atoms with E-state index in [1.165, 1.54) is 12.1 Å². The quantitative estimate of drug-likeness (QED) is 0.622. The van der Waals surface area contributed by atoms with Crippen molar-refractivity contribution in [3.63, 3.8) is 0 Å². The summed E-state index contributed by atoms with van der Waals surface area (Å²) in [5, 5.41) is 9.45. The molecule has 0 saturated heterocycles. The zero-order valence-electron chi connectivity index (χ0n) is 10.7. The van der Waals surface area contributed by atoms with Gasteiger partial charge in [-0.1, -0.05) is 6.07 Å². The molecule has 0 amide bonds. The maximum atomic E-state index is 13.1. The minimum absolute atomic E-state index is 0.0865. The van der Waals surface area contributed by atoms with Gasteiger partial charge in [0.15, 0.2) is 5.69 Å². The second-order valence-corrected chi connectivity index (χ2v) is 5.06. The van der Waals surface area contributed by atoms with Crippen LogP contribution in [0.4, 0.5) is 13.2 Å². The Morgan fingerprint density at radius 1 is 1.38 bits per heavy atom. The van der Waals surface area contributed by atoms with Gasteiger partial charge < -0.3 is 4.74 Å². The molecule has 5 nitrogen and oxygen atoms in total. The molecule has 0 unspecified atom stereocenters. The van der Waals surface area contributed by atoms with Gasteiger partial charge >= 0.3 is 12.1 Å². The summed E-state index contributed by atoms with van der Waals surface area (Å²) in [5.74, 6) is -0.825. The van der Waals surface area contributed by atoms with Gasteiger partial charge in [0.25, 0.3) is 0 Å². The van der Waals surface area contributed by atoms with Gasteiger partial charge in [-0.15, -0.1) is 5.10 Å². The van der Waals surface area contributed by atoms with E-state index in [0.29, 0.717) is 3.57 Å². The summed E-state index contributed by atoms with van der Waals surface area (Å²) in [6.07, 6.45) is -4.57. The van der Waals surface area contributed by atoms with E-state index in [1.807, 2.05) is 0 Å². The van der Waals surface area contributed by atoms with Gasteiger partial charge in [0.1, 0.15) is 5.69 Å². The number of hydrogen-bond donors (Lipinski definition) is 1. The van der Waals surface area contributed by atoms with Gasteiger partial charge in [0.2, 0.25) is 0 Å². The third-order valence-electron chi connectivity index (χ3n) is 2.57. The molecule has 0 bridgehead atoms. The van der Waals surface area contributed by atoms with Crippen molar-refractivity contribution >= 4 is 28.6 Å². The molecule has 21 heavy (non-hydrogen) atoms. The number of aromatic amines is 1. The second-order valence-electron chi connectivity index (χ2n) is 3.90. The predicted octanol–water partition coefficient (Wildman–Crippen LogP) is 3.27. The SMILES string of the molecule is CCOC(=O)c1n[nH]nc1-c1c(I)cccc1C(F)(F)F. The Kier molecular flexibility index (Phi) is 4.49. The van der Waals surface area contributed by atoms with E-state index in [-0.39, 0.29) is 23.6 Å². The number of nitrogens with one attached hydrogen (secondary N) is 1. The van der Waals surface area contributed by atoms with E-state index >= 15 is 0 Å². The van der Waals surface area contributed by atoms with Crippen molar-refractivity contribution < 1.29 is 22.7 Å². The molecule has 112 valence electrons. The molecule has 1 heterocycles. The number of H-pyrrole nitrogens is 1. The molecule has 2 aromatic rings. The zero-order chi connectivity index (χ0) is 15.6. The first-order valence-electron chi connectivity index (χ1n) is 5.80. The van der Waals surface area contributed by atoms with Crippen LogP contribution in [-0.2, 0) is 10.9 Å². The van der Waals surface area contributed by atoms with Gasteiger partial charge in [-0.25, -0.2) is 4.79 Å². The average molecular weight is 411 g/mol. The molecule has 1 aromatic carbocycles. The summed E-state index contributed by atoms with van der Waals surface area (Å²) in [5.41, 5.74) is -1.52. The van der Waals surface area contributed by atoms with Crippen LogP contribution in [0.15, 0.2) is 18.2 Å². The molecule has 0 saturated carbocycles. The molecule has 0 spiro atoms. The van der Waals surface area contributed by atoms with Crippen LogP contribution in [0.5, 0.6) is 0 Å². The predicted molar refractivity (Wildman–Crippen MR) is 75.5 cm³/mol. The molecule has 0 aliphatic heterocycles. The van der Waals surface area contributed by atoms with Crippen molar-refractivity contribution in [1.29, 1.82) is 0 Å². The molecule has 0 aliphatic rings. The van der Waals surface area contributed by atoms with Gasteiger partial charge in [-0.3, -0.25) is 0 Å². The Bertz CT molecular complexity index is 670. The van der Waals surface area contributed by atoms with Crippen molar-refractivity contribution in [2.75, 3.05) is 6.61 Å². The van der Waals surface area contributed by atoms with Gasteiger partial charge in [-0.2, -0.15) is 23.5 Å². The highest BCUT2D eigenvalue weighted by Crippen LogP contribution is 2.39. The third-order valence-corrected chi connectivity index (χ3v) is 3.47. The third kappa shape index (κ3) is 3.17. The van der Waals surface area contributed by atoms with Crippen LogP contribution in [0.3, 0.4) is 0 Å². The van der Waals surface area contributed by atoms with E-state index in [1.54, 1.807) is 29.5 Å². The van der Waals surface area contributed by atoms with Crippen LogP contribution < -0.4 is 0 Å². The molecule has 9 heteroatoms. The number of esters is 1. The minimum atomic E-state index is -4.57. The summed E-state index contributed by atoms with van der Waals surface area (Å²) in [6, 6.07) is 3.72. The highest BCUT2D eigenvalue weighted by molar-refractivity contribution is 14.1. The summed E-state index contributed by atoms with van der Waals surface area (Å²) >= 11 is 1.75. The summed E-state index contributed by atoms with van der Waals surface area (Å²) in [4.78, 5) is 11.7. The lowest BCUT2D eigenvalue weighted by atomic mass is 10.0. The highest BCUT2D eigenvalue weighted by Gasteiger charge is 2.36. The van der Waals surface area contributed by atoms with Gasteiger partial charge in [-0.05, 0) is 41.6 Å². The zero-order valence-corrected chi connectivity index (χ0v) is 12.8. The van der Waals surface area contributed by atoms with E-state index < -0.39 is 17.7 Å². The van der Waals surface area contributed by atoms with E-state index in [0.717, 1.165) is 6.07 Å². The Hall–Kier alpha value is -1.65. The van der Waals surface area contributed by atoms with Gasteiger partial charge in [0, 0.05) is 9.13 Å². The monoisotopic (exact) mass is 411 g/mol. The Morgan fingerprint density at radius 2 is 2.10 bits per heavy atom. The average Bonchev–Trinajstić information content (AvgIpc) is 2.86. The van der Waals surface area contributed by atoms with E-state index in [4.69, 9.17) is 4.74 Å². The molecule has 1 N–H and O–H groups in total. The van der Waals surface area contributed by atoms with Crippen molar-refractivity contribution in [3.05, 3.63) is 33.0 Å². The molecular formula is C12H9F3IN3O2. The molecule has 0 radical (unpaired) electrons. The first-order chi connectivity index (χ1) is 9.86. The van der Waals surface area contributed by atoms with Crippen LogP contribution >= 0.6 is 22.6 Å². The van der Waals surface area contributed by atoms with Gasteiger partial charge in [0.05, 0.1) is 12.2 Å². The number of alkyl halides is 3. The molecule has 1 aromatic heterocycles. The summed E-state index contributed by atoms with van der Waals surface area (Å²) in [7, 11) is 0. The molecule has 2 rings (SSSR count). The first kappa shape index (κ1) is 15.7. The van der Waals surface area contributed by atoms with Crippen LogP contribution in [0.2, 0.25) is 0 Å². The number of hydrogen-bond acceptors (Lipinski definition) is 4. The number of aromatic nitrogens is 3. The van der Waals surface area contributed by atoms with Crippen molar-refractivity contribution in [1.82, 2.24) is 15.4 Å². The minimum Gasteiger partial charge on any atom is -0.461 e. The summed E-state index contributed by atoms with van der Waals surface area (Å²) < 4.78 is 44.4. The lowest BCUT2D eigenvalue weighted by Crippen LogP contribution is -2.11. The number of halogens is 4. The second kappa shape index (κ2) is 6.00. The summed E-state index contributed by atoms with van der Waals surface area (Å²) in [6.45, 7) is 1.67. The van der Waals surface area contributed by atoms with E-state index in [9.17, 15) is 18.0 Å². The number of ether oxygens (including phenoxy) is 1. The topological polar surface area (TPSA) is 67.9 Å². The smallest absolute Gasteiger partial charge is 0.417 e.